The highest BCUT2D eigenvalue weighted by Crippen LogP contribution is 2.72. The minimum absolute atomic E-state index is 0.114. The molecule has 4 atom stereocenters. The highest BCUT2D eigenvalue weighted by molar-refractivity contribution is 5.39. The minimum atomic E-state index is -0.599. The van der Waals surface area contributed by atoms with Crippen LogP contribution in [0.2, 0.25) is 0 Å². The van der Waals surface area contributed by atoms with Crippen LogP contribution in [-0.2, 0) is 4.74 Å². The van der Waals surface area contributed by atoms with E-state index in [1.165, 1.54) is 18.4 Å². The van der Waals surface area contributed by atoms with Gasteiger partial charge in [0.1, 0.15) is 0 Å². The average molecular weight is 234 g/mol. The number of hydrogen-bond donors (Lipinski definition) is 1. The van der Waals surface area contributed by atoms with Crippen molar-refractivity contribution in [2.24, 2.45) is 16.7 Å². The summed E-state index contributed by atoms with van der Waals surface area (Å²) in [5.41, 5.74) is 1.12. The Morgan fingerprint density at radius 2 is 2.06 bits per heavy atom. The lowest BCUT2D eigenvalue weighted by Crippen LogP contribution is -2.58. The Labute approximate surface area is 103 Å². The third-order valence-electron chi connectivity index (χ3n) is 6.32. The third-order valence-corrected chi connectivity index (χ3v) is 6.32. The standard InChI is InChI=1S/C15H22O2/c1-10-6-15(16)8-12(2)7-11(15)13(3,17-9-12)14(10)4-5-14/h6,11,16H,4-5,7-9H2,1-3H3/t11-,12-,13+,15+/m0/s1. The van der Waals surface area contributed by atoms with Gasteiger partial charge in [0, 0.05) is 11.3 Å². The maximum absolute atomic E-state index is 11.0. The molecule has 0 aromatic carbocycles. The molecule has 3 aliphatic carbocycles. The Kier molecular flexibility index (Phi) is 1.56. The molecule has 2 saturated carbocycles. The Balaban J connectivity index is 1.93. The van der Waals surface area contributed by atoms with Crippen LogP contribution < -0.4 is 0 Å². The molecule has 0 aromatic rings. The van der Waals surface area contributed by atoms with Crippen LogP contribution >= 0.6 is 0 Å². The van der Waals surface area contributed by atoms with E-state index in [9.17, 15) is 5.11 Å². The Hall–Kier alpha value is -0.340. The van der Waals surface area contributed by atoms with Crippen LogP contribution in [0.1, 0.15) is 46.5 Å². The van der Waals surface area contributed by atoms with Crippen molar-refractivity contribution >= 4 is 0 Å². The molecule has 1 aliphatic heterocycles. The van der Waals surface area contributed by atoms with Gasteiger partial charge in [-0.2, -0.15) is 0 Å². The molecule has 17 heavy (non-hydrogen) atoms. The zero-order valence-electron chi connectivity index (χ0n) is 11.0. The average Bonchev–Trinajstić information content (AvgIpc) is 2.97. The maximum atomic E-state index is 11.0. The summed E-state index contributed by atoms with van der Waals surface area (Å²) in [4.78, 5) is 0. The topological polar surface area (TPSA) is 29.5 Å². The van der Waals surface area contributed by atoms with Crippen LogP contribution in [-0.4, -0.2) is 22.9 Å². The molecule has 0 amide bonds. The minimum Gasteiger partial charge on any atom is -0.385 e. The summed E-state index contributed by atoms with van der Waals surface area (Å²) in [6, 6.07) is 0. The fraction of sp³-hybridized carbons (Fsp3) is 0.867. The molecule has 0 radical (unpaired) electrons. The zero-order chi connectivity index (χ0) is 12.1. The lowest BCUT2D eigenvalue weighted by molar-refractivity contribution is -0.185. The van der Waals surface area contributed by atoms with Crippen LogP contribution in [0.15, 0.2) is 11.6 Å². The van der Waals surface area contributed by atoms with E-state index in [-0.39, 0.29) is 16.4 Å². The molecule has 1 heterocycles. The number of ether oxygens (including phenoxy) is 1. The molecule has 2 bridgehead atoms. The van der Waals surface area contributed by atoms with Gasteiger partial charge in [-0.1, -0.05) is 18.6 Å². The van der Waals surface area contributed by atoms with Crippen molar-refractivity contribution in [2.45, 2.75) is 57.7 Å². The summed E-state index contributed by atoms with van der Waals surface area (Å²) in [7, 11) is 0. The van der Waals surface area contributed by atoms with Crippen molar-refractivity contribution in [3.05, 3.63) is 11.6 Å². The van der Waals surface area contributed by atoms with Gasteiger partial charge in [0.2, 0.25) is 0 Å². The Bertz CT molecular complexity index is 436. The van der Waals surface area contributed by atoms with E-state index < -0.39 is 5.60 Å². The van der Waals surface area contributed by atoms with E-state index in [1.54, 1.807) is 0 Å². The molecule has 0 aromatic heterocycles. The normalized spacial score (nSPS) is 58.1. The summed E-state index contributed by atoms with van der Waals surface area (Å²) in [5.74, 6) is 0.306. The monoisotopic (exact) mass is 234 g/mol. The molecular formula is C15H22O2. The maximum Gasteiger partial charge on any atom is 0.0892 e. The first-order valence-electron chi connectivity index (χ1n) is 6.90. The smallest absolute Gasteiger partial charge is 0.0892 e. The van der Waals surface area contributed by atoms with Gasteiger partial charge in [-0.3, -0.25) is 0 Å². The summed E-state index contributed by atoms with van der Waals surface area (Å²) >= 11 is 0. The number of rotatable bonds is 0. The fourth-order valence-electron chi connectivity index (χ4n) is 5.30. The predicted molar refractivity (Wildman–Crippen MR) is 65.6 cm³/mol. The molecular weight excluding hydrogens is 212 g/mol. The zero-order valence-corrected chi connectivity index (χ0v) is 11.0. The molecule has 4 aliphatic rings. The van der Waals surface area contributed by atoms with Crippen LogP contribution in [0.4, 0.5) is 0 Å². The SMILES string of the molecule is CC1=C[C@@]2(O)C[C@@]3(C)CO[C@](C)([C@@H]2C3)C12CC2. The lowest BCUT2D eigenvalue weighted by atomic mass is 9.61. The van der Waals surface area contributed by atoms with Gasteiger partial charge in [0.15, 0.2) is 0 Å². The third kappa shape index (κ3) is 0.978. The van der Waals surface area contributed by atoms with Crippen molar-refractivity contribution in [1.29, 1.82) is 0 Å². The van der Waals surface area contributed by atoms with Gasteiger partial charge >= 0.3 is 0 Å². The van der Waals surface area contributed by atoms with Crippen LogP contribution in [0, 0.1) is 16.7 Å². The second-order valence-electron chi connectivity index (χ2n) is 7.54. The molecule has 1 saturated heterocycles. The van der Waals surface area contributed by atoms with E-state index in [2.05, 4.69) is 26.8 Å². The predicted octanol–water partition coefficient (Wildman–Crippen LogP) is 2.66. The Morgan fingerprint density at radius 3 is 2.71 bits per heavy atom. The largest absolute Gasteiger partial charge is 0.385 e. The highest BCUT2D eigenvalue weighted by Gasteiger charge is 2.73. The number of fused-ring (bicyclic) bond motifs is 2. The van der Waals surface area contributed by atoms with E-state index in [1.807, 2.05) is 0 Å². The second kappa shape index (κ2) is 2.50. The molecule has 2 heteroatoms. The van der Waals surface area contributed by atoms with Crippen LogP contribution in [0.5, 0.6) is 0 Å². The van der Waals surface area contributed by atoms with E-state index in [0.717, 1.165) is 19.4 Å². The van der Waals surface area contributed by atoms with Gasteiger partial charge in [-0.25, -0.2) is 0 Å². The van der Waals surface area contributed by atoms with Crippen LogP contribution in [0.3, 0.4) is 0 Å². The number of aliphatic hydroxyl groups is 1. The summed E-state index contributed by atoms with van der Waals surface area (Å²) in [6.45, 7) is 7.55. The van der Waals surface area contributed by atoms with Gasteiger partial charge in [-0.05, 0) is 44.9 Å². The summed E-state index contributed by atoms with van der Waals surface area (Å²) in [6.07, 6.45) is 6.69. The molecule has 4 rings (SSSR count). The molecule has 0 unspecified atom stereocenters. The van der Waals surface area contributed by atoms with E-state index >= 15 is 0 Å². The summed E-state index contributed by atoms with van der Waals surface area (Å²) < 4.78 is 6.34. The first-order chi connectivity index (χ1) is 7.84. The van der Waals surface area contributed by atoms with Crippen LogP contribution in [0.25, 0.3) is 0 Å². The fourth-order valence-corrected chi connectivity index (χ4v) is 5.30. The molecule has 94 valence electrons. The van der Waals surface area contributed by atoms with Gasteiger partial charge in [0.05, 0.1) is 17.8 Å². The lowest BCUT2D eigenvalue weighted by Gasteiger charge is -2.53. The summed E-state index contributed by atoms with van der Waals surface area (Å²) in [5, 5.41) is 11.0. The van der Waals surface area contributed by atoms with E-state index in [4.69, 9.17) is 4.74 Å². The molecule has 2 nitrogen and oxygen atoms in total. The quantitative estimate of drug-likeness (QED) is 0.653. The van der Waals surface area contributed by atoms with Gasteiger partial charge < -0.3 is 9.84 Å². The van der Waals surface area contributed by atoms with Gasteiger partial charge in [0.25, 0.3) is 0 Å². The van der Waals surface area contributed by atoms with Crippen molar-refractivity contribution in [3.63, 3.8) is 0 Å². The van der Waals surface area contributed by atoms with Crippen molar-refractivity contribution in [2.75, 3.05) is 6.61 Å². The first kappa shape index (κ1) is 10.6. The first-order valence-corrected chi connectivity index (χ1v) is 6.90. The van der Waals surface area contributed by atoms with Crippen molar-refractivity contribution in [1.82, 2.24) is 0 Å². The van der Waals surface area contributed by atoms with Crippen molar-refractivity contribution < 1.29 is 9.84 Å². The molecule has 3 fully saturated rings. The Morgan fingerprint density at radius 1 is 1.35 bits per heavy atom. The molecule has 1 spiro atoms. The second-order valence-corrected chi connectivity index (χ2v) is 7.54. The highest BCUT2D eigenvalue weighted by atomic mass is 16.5. The van der Waals surface area contributed by atoms with Gasteiger partial charge in [-0.15, -0.1) is 0 Å². The van der Waals surface area contributed by atoms with Crippen molar-refractivity contribution in [3.8, 4) is 0 Å². The van der Waals surface area contributed by atoms with E-state index in [0.29, 0.717) is 5.92 Å². The molecule has 1 N–H and O–H groups in total. The number of hydrogen-bond acceptors (Lipinski definition) is 2.